The summed E-state index contributed by atoms with van der Waals surface area (Å²) < 4.78 is 5.62. The maximum Gasteiger partial charge on any atom is 0.120 e. The van der Waals surface area contributed by atoms with E-state index in [2.05, 4.69) is 26.1 Å². The molecule has 1 rings (SSSR count). The van der Waals surface area contributed by atoms with Gasteiger partial charge in [-0.05, 0) is 31.0 Å². The fourth-order valence-electron chi connectivity index (χ4n) is 1.57. The number of rotatable bonds is 7. The molecule has 0 radical (unpaired) electrons. The van der Waals surface area contributed by atoms with E-state index in [9.17, 15) is 0 Å². The minimum absolute atomic E-state index is 0.0440. The summed E-state index contributed by atoms with van der Waals surface area (Å²) in [5, 5.41) is 4.14. The Kier molecular flexibility index (Phi) is 5.93. The van der Waals surface area contributed by atoms with Crippen molar-refractivity contribution in [1.82, 2.24) is 5.32 Å². The van der Waals surface area contributed by atoms with Crippen LogP contribution in [-0.4, -0.2) is 25.2 Å². The number of nitrogens with two attached hydrogens (primary N) is 1. The van der Waals surface area contributed by atoms with Gasteiger partial charge in [0.05, 0.1) is 0 Å². The van der Waals surface area contributed by atoms with Gasteiger partial charge in [-0.15, -0.1) is 0 Å². The fraction of sp³-hybridized carbons (Fsp3) is 0.571. The molecular formula is C14H23ClN2O. The Morgan fingerprint density at radius 1 is 1.44 bits per heavy atom. The Morgan fingerprint density at radius 2 is 2.17 bits per heavy atom. The highest BCUT2D eigenvalue weighted by molar-refractivity contribution is 6.30. The molecule has 3 nitrogen and oxygen atoms in total. The summed E-state index contributed by atoms with van der Waals surface area (Å²) in [5.74, 6) is 1.27. The van der Waals surface area contributed by atoms with Gasteiger partial charge in [0.1, 0.15) is 12.4 Å². The molecule has 4 heteroatoms. The van der Waals surface area contributed by atoms with Crippen molar-refractivity contribution in [2.24, 2.45) is 11.7 Å². The Bertz CT molecular complexity index is 371. The van der Waals surface area contributed by atoms with Gasteiger partial charge in [-0.1, -0.05) is 31.5 Å². The van der Waals surface area contributed by atoms with Crippen LogP contribution in [0, 0.1) is 5.92 Å². The monoisotopic (exact) mass is 270 g/mol. The van der Waals surface area contributed by atoms with Crippen LogP contribution in [0.4, 0.5) is 0 Å². The highest BCUT2D eigenvalue weighted by Gasteiger charge is 2.25. The molecule has 0 heterocycles. The first-order chi connectivity index (χ1) is 8.48. The summed E-state index contributed by atoms with van der Waals surface area (Å²) >= 11 is 5.88. The van der Waals surface area contributed by atoms with Gasteiger partial charge in [-0.25, -0.2) is 0 Å². The predicted molar refractivity (Wildman–Crippen MR) is 77.2 cm³/mol. The van der Waals surface area contributed by atoms with E-state index < -0.39 is 0 Å². The van der Waals surface area contributed by atoms with Crippen LogP contribution >= 0.6 is 11.6 Å². The minimum atomic E-state index is -0.0440. The molecule has 1 unspecified atom stereocenters. The third-order valence-corrected chi connectivity index (χ3v) is 3.63. The van der Waals surface area contributed by atoms with Crippen molar-refractivity contribution in [2.75, 3.05) is 19.7 Å². The number of benzene rings is 1. The zero-order valence-corrected chi connectivity index (χ0v) is 12.1. The molecule has 0 aromatic heterocycles. The lowest BCUT2D eigenvalue weighted by Gasteiger charge is -2.33. The van der Waals surface area contributed by atoms with Crippen molar-refractivity contribution in [3.05, 3.63) is 29.3 Å². The molecule has 3 N–H and O–H groups in total. The van der Waals surface area contributed by atoms with Crippen molar-refractivity contribution >= 4 is 11.6 Å². The summed E-state index contributed by atoms with van der Waals surface area (Å²) in [7, 11) is 0. The summed E-state index contributed by atoms with van der Waals surface area (Å²) in [6.07, 6.45) is 0. The van der Waals surface area contributed by atoms with Crippen LogP contribution in [0.15, 0.2) is 24.3 Å². The van der Waals surface area contributed by atoms with Crippen molar-refractivity contribution in [1.29, 1.82) is 0 Å². The van der Waals surface area contributed by atoms with Crippen LogP contribution in [0.5, 0.6) is 5.75 Å². The number of nitrogens with one attached hydrogen (secondary N) is 1. The largest absolute Gasteiger partial charge is 0.492 e. The summed E-state index contributed by atoms with van der Waals surface area (Å²) in [6, 6.07) is 7.42. The standard InChI is InChI=1S/C14H23ClN2O/c1-11(2)14(3,10-16)17-7-8-18-13-6-4-5-12(15)9-13/h4-6,9,11,17H,7-8,10,16H2,1-3H3. The Morgan fingerprint density at radius 3 is 2.72 bits per heavy atom. The molecule has 0 amide bonds. The average Bonchev–Trinajstić information content (AvgIpc) is 2.34. The van der Waals surface area contributed by atoms with Crippen LogP contribution in [0.1, 0.15) is 20.8 Å². The summed E-state index contributed by atoms with van der Waals surface area (Å²) in [5.41, 5.74) is 5.76. The molecule has 0 fully saturated rings. The number of hydrogen-bond acceptors (Lipinski definition) is 3. The van der Waals surface area contributed by atoms with E-state index in [0.29, 0.717) is 24.1 Å². The van der Waals surface area contributed by atoms with Gasteiger partial charge in [0, 0.05) is 23.7 Å². The summed E-state index contributed by atoms with van der Waals surface area (Å²) in [6.45, 7) is 8.44. The Hall–Kier alpha value is -0.770. The fourth-order valence-corrected chi connectivity index (χ4v) is 1.75. The molecule has 0 aliphatic heterocycles. The second-order valence-corrected chi connectivity index (χ2v) is 5.45. The Balaban J connectivity index is 2.34. The van der Waals surface area contributed by atoms with Crippen LogP contribution in [-0.2, 0) is 0 Å². The van der Waals surface area contributed by atoms with Gasteiger partial charge in [0.2, 0.25) is 0 Å². The maximum atomic E-state index is 5.88. The van der Waals surface area contributed by atoms with E-state index in [0.717, 1.165) is 12.3 Å². The molecule has 1 aromatic carbocycles. The number of hydrogen-bond donors (Lipinski definition) is 2. The van der Waals surface area contributed by atoms with Gasteiger partial charge >= 0.3 is 0 Å². The average molecular weight is 271 g/mol. The topological polar surface area (TPSA) is 47.3 Å². The summed E-state index contributed by atoms with van der Waals surface area (Å²) in [4.78, 5) is 0. The quantitative estimate of drug-likeness (QED) is 0.749. The molecule has 102 valence electrons. The van der Waals surface area contributed by atoms with E-state index in [1.807, 2.05) is 24.3 Å². The van der Waals surface area contributed by atoms with Crippen LogP contribution in [0.2, 0.25) is 5.02 Å². The molecular weight excluding hydrogens is 248 g/mol. The van der Waals surface area contributed by atoms with Crippen LogP contribution in [0.3, 0.4) is 0 Å². The van der Waals surface area contributed by atoms with E-state index in [1.54, 1.807) is 0 Å². The minimum Gasteiger partial charge on any atom is -0.492 e. The first kappa shape index (κ1) is 15.3. The van der Waals surface area contributed by atoms with Crippen molar-refractivity contribution in [2.45, 2.75) is 26.3 Å². The molecule has 0 saturated carbocycles. The maximum absolute atomic E-state index is 5.88. The van der Waals surface area contributed by atoms with Gasteiger partial charge in [-0.3, -0.25) is 0 Å². The second-order valence-electron chi connectivity index (χ2n) is 5.01. The van der Waals surface area contributed by atoms with Crippen molar-refractivity contribution in [3.8, 4) is 5.75 Å². The normalized spacial score (nSPS) is 14.6. The van der Waals surface area contributed by atoms with Gasteiger partial charge < -0.3 is 15.8 Å². The first-order valence-corrected chi connectivity index (χ1v) is 6.69. The molecule has 0 saturated heterocycles. The predicted octanol–water partition coefficient (Wildman–Crippen LogP) is 2.68. The van der Waals surface area contributed by atoms with Crippen molar-refractivity contribution in [3.63, 3.8) is 0 Å². The van der Waals surface area contributed by atoms with Crippen molar-refractivity contribution < 1.29 is 4.74 Å². The second kappa shape index (κ2) is 6.98. The third kappa shape index (κ3) is 4.48. The molecule has 18 heavy (non-hydrogen) atoms. The van der Waals surface area contributed by atoms with Gasteiger partial charge in [0.25, 0.3) is 0 Å². The number of ether oxygens (including phenoxy) is 1. The third-order valence-electron chi connectivity index (χ3n) is 3.39. The SMILES string of the molecule is CC(C)C(C)(CN)NCCOc1cccc(Cl)c1. The number of halogens is 1. The molecule has 0 aliphatic rings. The van der Waals surface area contributed by atoms with Crippen LogP contribution in [0.25, 0.3) is 0 Å². The van der Waals surface area contributed by atoms with E-state index >= 15 is 0 Å². The lowest BCUT2D eigenvalue weighted by molar-refractivity contribution is 0.236. The van der Waals surface area contributed by atoms with E-state index in [4.69, 9.17) is 22.1 Å². The lowest BCUT2D eigenvalue weighted by atomic mass is 9.88. The Labute approximate surface area is 115 Å². The zero-order chi connectivity index (χ0) is 13.6. The first-order valence-electron chi connectivity index (χ1n) is 6.31. The highest BCUT2D eigenvalue weighted by atomic mass is 35.5. The van der Waals surface area contributed by atoms with Crippen LogP contribution < -0.4 is 15.8 Å². The van der Waals surface area contributed by atoms with Gasteiger partial charge in [-0.2, -0.15) is 0 Å². The van der Waals surface area contributed by atoms with E-state index in [-0.39, 0.29) is 5.54 Å². The van der Waals surface area contributed by atoms with E-state index in [1.165, 1.54) is 0 Å². The lowest BCUT2D eigenvalue weighted by Crippen LogP contribution is -2.53. The molecule has 0 spiro atoms. The molecule has 1 aromatic rings. The molecule has 0 bridgehead atoms. The molecule has 1 atom stereocenters. The highest BCUT2D eigenvalue weighted by Crippen LogP contribution is 2.17. The zero-order valence-electron chi connectivity index (χ0n) is 11.4. The molecule has 0 aliphatic carbocycles. The van der Waals surface area contributed by atoms with Gasteiger partial charge in [0.15, 0.2) is 0 Å². The smallest absolute Gasteiger partial charge is 0.120 e.